The van der Waals surface area contributed by atoms with Crippen LogP contribution in [0.4, 0.5) is 22.9 Å². The summed E-state index contributed by atoms with van der Waals surface area (Å²) < 4.78 is 37.4. The van der Waals surface area contributed by atoms with Crippen molar-refractivity contribution < 1.29 is 18.1 Å². The van der Waals surface area contributed by atoms with E-state index < -0.39 is 14.9 Å². The predicted octanol–water partition coefficient (Wildman–Crippen LogP) is 10.2. The number of nitrogens with zero attached hydrogens (tertiary/aromatic N) is 5. The number of aromatic nitrogens is 2. The number of nitro groups is 1. The lowest BCUT2D eigenvalue weighted by Gasteiger charge is -2.43. The molecule has 6 aromatic rings. The number of hydrogen-bond donors (Lipinski definition) is 2. The Labute approximate surface area is 380 Å². The molecule has 12 nitrogen and oxygen atoms in total. The minimum atomic E-state index is -4.27. The number of sulfonamides is 1. The van der Waals surface area contributed by atoms with Crippen LogP contribution in [0.2, 0.25) is 0 Å². The molecule has 3 fully saturated rings. The van der Waals surface area contributed by atoms with Gasteiger partial charge in [-0.3, -0.25) is 14.8 Å². The van der Waals surface area contributed by atoms with E-state index in [0.29, 0.717) is 23.2 Å². The Bertz CT molecular complexity index is 2670. The van der Waals surface area contributed by atoms with Gasteiger partial charge < -0.3 is 19.9 Å². The molecule has 0 bridgehead atoms. The molecule has 9 rings (SSSR count). The molecule has 0 spiro atoms. The van der Waals surface area contributed by atoms with Crippen LogP contribution in [-0.2, 0) is 21.2 Å². The third-order valence-electron chi connectivity index (χ3n) is 13.2. The highest BCUT2D eigenvalue weighted by Gasteiger charge is 2.38. The maximum absolute atomic E-state index is 13.9. The minimum absolute atomic E-state index is 0.102. The Hall–Kier alpha value is -5.54. The second-order valence-corrected chi connectivity index (χ2v) is 20.2. The maximum atomic E-state index is 13.9. The highest BCUT2D eigenvalue weighted by Crippen LogP contribution is 2.41. The van der Waals surface area contributed by atoms with Gasteiger partial charge in [0.25, 0.3) is 15.7 Å². The van der Waals surface area contributed by atoms with Gasteiger partial charge in [-0.15, -0.1) is 11.8 Å². The molecule has 5 aromatic carbocycles. The van der Waals surface area contributed by atoms with Crippen LogP contribution in [0.3, 0.4) is 0 Å². The number of ether oxygens (including phenoxy) is 1. The number of fused-ring (bicyclic) bond motifs is 1. The summed E-state index contributed by atoms with van der Waals surface area (Å²) in [5.74, 6) is 0.833. The molecular weight excluding hydrogens is 843 g/mol. The van der Waals surface area contributed by atoms with Crippen molar-refractivity contribution in [3.05, 3.63) is 143 Å². The summed E-state index contributed by atoms with van der Waals surface area (Å²) in [6, 6.07) is 39.2. The zero-order chi connectivity index (χ0) is 44.0. The molecular formula is C50H55N7O5S2. The van der Waals surface area contributed by atoms with Crippen LogP contribution in [-0.4, -0.2) is 84.4 Å². The number of benzene rings is 5. The highest BCUT2D eigenvalue weighted by molar-refractivity contribution is 7.99. The van der Waals surface area contributed by atoms with E-state index in [4.69, 9.17) is 4.74 Å². The molecule has 0 unspecified atom stereocenters. The summed E-state index contributed by atoms with van der Waals surface area (Å²) >= 11 is 1.71. The van der Waals surface area contributed by atoms with Crippen molar-refractivity contribution in [1.29, 1.82) is 0 Å². The van der Waals surface area contributed by atoms with Crippen LogP contribution in [0.1, 0.15) is 56.9 Å². The number of rotatable bonds is 17. The average Bonchev–Trinajstić information content (AvgIpc) is 4.02. The normalized spacial score (nSPS) is 17.4. The van der Waals surface area contributed by atoms with Gasteiger partial charge in [0, 0.05) is 59.4 Å². The first kappa shape index (κ1) is 43.7. The quantitative estimate of drug-likeness (QED) is 0.0513. The Kier molecular flexibility index (Phi) is 13.2. The number of nitrogens with one attached hydrogen (secondary N) is 2. The predicted molar refractivity (Wildman–Crippen MR) is 257 cm³/mol. The maximum Gasteiger partial charge on any atom is 0.293 e. The largest absolute Gasteiger partial charge is 0.373 e. The van der Waals surface area contributed by atoms with Crippen molar-refractivity contribution in [3.63, 3.8) is 0 Å². The second-order valence-electron chi connectivity index (χ2n) is 17.4. The van der Waals surface area contributed by atoms with E-state index in [-0.39, 0.29) is 27.5 Å². The first-order valence-electron chi connectivity index (χ1n) is 22.4. The number of anilines is 3. The van der Waals surface area contributed by atoms with Crippen molar-refractivity contribution in [2.24, 2.45) is 0 Å². The van der Waals surface area contributed by atoms with Crippen LogP contribution in [0.5, 0.6) is 0 Å². The van der Waals surface area contributed by atoms with Gasteiger partial charge in [-0.05, 0) is 111 Å². The third-order valence-corrected chi connectivity index (χ3v) is 15.9. The zero-order valence-corrected chi connectivity index (χ0v) is 37.7. The SMILES string of the molecule is O=[N+]([O-])c1cc(S(=O)(=O)Nc2ncnc3cc(N4CCC(Cc5ccccc5-c5ccccc5)(OCCN5CCCC5)CC4)ccc23)ccc1NC1(CSc2ccccc2)CCCC1. The van der Waals surface area contributed by atoms with Gasteiger partial charge in [0.15, 0.2) is 5.82 Å². The summed E-state index contributed by atoms with van der Waals surface area (Å²) in [5.41, 5.74) is 4.63. The van der Waals surface area contributed by atoms with Crippen LogP contribution in [0.25, 0.3) is 22.0 Å². The fourth-order valence-electron chi connectivity index (χ4n) is 9.69. The monoisotopic (exact) mass is 897 g/mol. The number of piperidine rings is 1. The molecule has 1 aliphatic carbocycles. The number of hydrogen-bond acceptors (Lipinski definition) is 11. The molecule has 64 heavy (non-hydrogen) atoms. The van der Waals surface area contributed by atoms with Crippen molar-refractivity contribution in [3.8, 4) is 11.1 Å². The van der Waals surface area contributed by atoms with E-state index in [9.17, 15) is 18.5 Å². The number of nitro benzene ring substituents is 1. The van der Waals surface area contributed by atoms with Crippen molar-refractivity contribution in [2.45, 2.75) is 78.7 Å². The van der Waals surface area contributed by atoms with Crippen molar-refractivity contribution in [2.75, 3.05) is 60.0 Å². The molecule has 2 N–H and O–H groups in total. The Morgan fingerprint density at radius 2 is 1.50 bits per heavy atom. The van der Waals surface area contributed by atoms with E-state index in [2.05, 4.69) is 96.5 Å². The molecule has 1 saturated carbocycles. The molecule has 3 heterocycles. The van der Waals surface area contributed by atoms with Crippen LogP contribution in [0.15, 0.2) is 137 Å². The smallest absolute Gasteiger partial charge is 0.293 e. The number of thioether (sulfide) groups is 1. The second kappa shape index (κ2) is 19.3. The summed E-state index contributed by atoms with van der Waals surface area (Å²) in [4.78, 5) is 26.5. The van der Waals surface area contributed by atoms with Crippen LogP contribution in [0, 0.1) is 10.1 Å². The Balaban J connectivity index is 0.903. The van der Waals surface area contributed by atoms with E-state index in [1.54, 1.807) is 11.8 Å². The summed E-state index contributed by atoms with van der Waals surface area (Å²) in [6.45, 7) is 5.48. The minimum Gasteiger partial charge on any atom is -0.373 e. The van der Waals surface area contributed by atoms with Gasteiger partial charge in [0.05, 0.1) is 27.5 Å². The van der Waals surface area contributed by atoms with E-state index in [0.717, 1.165) is 100 Å². The highest BCUT2D eigenvalue weighted by atomic mass is 32.2. The molecule has 332 valence electrons. The molecule has 0 radical (unpaired) electrons. The lowest BCUT2D eigenvalue weighted by molar-refractivity contribution is -0.384. The van der Waals surface area contributed by atoms with Crippen molar-refractivity contribution in [1.82, 2.24) is 14.9 Å². The van der Waals surface area contributed by atoms with Gasteiger partial charge >= 0.3 is 0 Å². The van der Waals surface area contributed by atoms with Gasteiger partial charge in [-0.25, -0.2) is 18.4 Å². The lowest BCUT2D eigenvalue weighted by Crippen LogP contribution is -2.48. The Morgan fingerprint density at radius 1 is 0.781 bits per heavy atom. The summed E-state index contributed by atoms with van der Waals surface area (Å²) in [6.07, 6.45) is 10.1. The molecule has 2 saturated heterocycles. The summed E-state index contributed by atoms with van der Waals surface area (Å²) in [7, 11) is -4.27. The first-order chi connectivity index (χ1) is 31.2. The first-order valence-corrected chi connectivity index (χ1v) is 24.9. The average molecular weight is 898 g/mol. The van der Waals surface area contributed by atoms with Gasteiger partial charge in [0.2, 0.25) is 0 Å². The summed E-state index contributed by atoms with van der Waals surface area (Å²) in [5, 5.41) is 16.5. The molecule has 14 heteroatoms. The Morgan fingerprint density at radius 3 is 2.25 bits per heavy atom. The van der Waals surface area contributed by atoms with Gasteiger partial charge in [-0.1, -0.05) is 85.6 Å². The van der Waals surface area contributed by atoms with Crippen LogP contribution < -0.4 is 14.9 Å². The van der Waals surface area contributed by atoms with Crippen molar-refractivity contribution >= 4 is 55.6 Å². The lowest BCUT2D eigenvalue weighted by atomic mass is 9.82. The van der Waals surface area contributed by atoms with Gasteiger partial charge in [-0.2, -0.15) is 0 Å². The van der Waals surface area contributed by atoms with E-state index in [1.165, 1.54) is 48.0 Å². The topological polar surface area (TPSA) is 143 Å². The third kappa shape index (κ3) is 10.0. The van der Waals surface area contributed by atoms with Crippen LogP contribution >= 0.6 is 11.8 Å². The number of likely N-dealkylation sites (tertiary alicyclic amines) is 1. The standard InChI is InChI=1S/C50H55N7O5S2/c58-57(59)47-34-42(20-22-45(47)53-49(23-9-10-24-49)36-63-41-16-5-2-6-17-41)64(60,61)54-48-44-21-19-40(33-46(44)51-37-52-48)56-29-25-50(26-30-56,62-32-31-55-27-11-12-28-55)35-39-15-7-8-18-43(39)38-13-3-1-4-14-38/h1-8,13-22,33-34,37,53H,9-12,23-32,35-36H2,(H,51,52,54). The zero-order valence-electron chi connectivity index (χ0n) is 36.0. The van der Waals surface area contributed by atoms with E-state index >= 15 is 0 Å². The fourth-order valence-corrected chi connectivity index (χ4v) is 11.9. The molecule has 2 aliphatic heterocycles. The molecule has 0 atom stereocenters. The fraction of sp³-hybridized carbons (Fsp3) is 0.360. The van der Waals surface area contributed by atoms with E-state index in [1.807, 2.05) is 36.4 Å². The molecule has 1 aromatic heterocycles. The van der Waals surface area contributed by atoms with Gasteiger partial charge in [0.1, 0.15) is 12.0 Å². The molecule has 0 amide bonds. The molecule has 3 aliphatic rings.